The summed E-state index contributed by atoms with van der Waals surface area (Å²) >= 11 is 6.58. The molecule has 7 N–H and O–H groups in total. The van der Waals surface area contributed by atoms with Gasteiger partial charge < -0.3 is 26.0 Å². The molecule has 0 fully saturated rings. The van der Waals surface area contributed by atoms with Gasteiger partial charge in [-0.3, -0.25) is 15.0 Å². The van der Waals surface area contributed by atoms with Crippen molar-refractivity contribution < 1.29 is 46.5 Å². The SMILES string of the molecule is O=C(CCCNc1ncc(C(F)(F)F)cc1Cl)NNS(=O)(=O)c1ccc(CNC(=O)c2ccc(O)c(O)c2O)s1. The molecule has 3 rings (SSSR count). The fourth-order valence-electron chi connectivity index (χ4n) is 3.03. The molecule has 0 saturated heterocycles. The third-order valence-corrected chi connectivity index (χ3v) is 8.18. The lowest BCUT2D eigenvalue weighted by Gasteiger charge is -2.11. The molecule has 1 aromatic carbocycles. The van der Waals surface area contributed by atoms with E-state index >= 15 is 0 Å². The van der Waals surface area contributed by atoms with Gasteiger partial charge >= 0.3 is 6.18 Å². The number of phenolic OH excluding ortho intramolecular Hbond substituents is 3. The monoisotopic (exact) mass is 623 g/mol. The van der Waals surface area contributed by atoms with Gasteiger partial charge in [-0.15, -0.1) is 16.2 Å². The van der Waals surface area contributed by atoms with E-state index in [9.17, 15) is 46.5 Å². The van der Waals surface area contributed by atoms with Crippen molar-refractivity contribution in [3.63, 3.8) is 0 Å². The summed E-state index contributed by atoms with van der Waals surface area (Å²) in [5, 5.41) is 33.5. The second kappa shape index (κ2) is 12.6. The number of hydrogen-bond donors (Lipinski definition) is 7. The molecule has 0 spiro atoms. The van der Waals surface area contributed by atoms with Crippen molar-refractivity contribution in [3.8, 4) is 17.2 Å². The average molecular weight is 624 g/mol. The van der Waals surface area contributed by atoms with Gasteiger partial charge in [-0.05, 0) is 36.8 Å². The molecule has 0 atom stereocenters. The first kappa shape index (κ1) is 30.7. The maximum absolute atomic E-state index is 12.7. The first-order valence-corrected chi connectivity index (χ1v) is 13.7. The highest BCUT2D eigenvalue weighted by Gasteiger charge is 2.31. The molecule has 3 aromatic rings. The highest BCUT2D eigenvalue weighted by Crippen LogP contribution is 2.37. The molecule has 0 aliphatic heterocycles. The molecule has 2 aromatic heterocycles. The van der Waals surface area contributed by atoms with E-state index in [-0.39, 0.29) is 46.5 Å². The number of sulfonamides is 1. The van der Waals surface area contributed by atoms with Crippen LogP contribution in [0.1, 0.15) is 33.6 Å². The molecular formula is C22H21ClF3N5O7S2. The minimum atomic E-state index is -4.59. The number of nitrogens with zero attached hydrogens (tertiary/aromatic N) is 1. The highest BCUT2D eigenvalue weighted by atomic mass is 35.5. The standard InChI is InChI=1S/C22H21ClF3N5O7S2/c23-14-8-11(22(24,25)26)9-28-20(14)27-7-1-2-16(33)30-31-40(37,38)17-6-3-12(39-17)10-29-21(36)13-4-5-15(32)19(35)18(13)34/h3-6,8-9,31-32,34-35H,1-2,7,10H2,(H,27,28)(H,29,36)(H,30,33). The number of rotatable bonds is 11. The molecule has 0 unspecified atom stereocenters. The number of nitrogens with one attached hydrogen (secondary N) is 4. The predicted octanol–water partition coefficient (Wildman–Crippen LogP) is 3.06. The van der Waals surface area contributed by atoms with Gasteiger partial charge in [-0.1, -0.05) is 11.6 Å². The van der Waals surface area contributed by atoms with Crippen LogP contribution in [0.5, 0.6) is 17.2 Å². The number of aromatic nitrogens is 1. The van der Waals surface area contributed by atoms with Crippen LogP contribution in [0, 0.1) is 0 Å². The fraction of sp³-hybridized carbons (Fsp3) is 0.227. The zero-order valence-electron chi connectivity index (χ0n) is 20.0. The number of thiophene rings is 1. The van der Waals surface area contributed by atoms with Crippen molar-refractivity contribution in [2.45, 2.75) is 29.8 Å². The average Bonchev–Trinajstić information content (AvgIpc) is 3.38. The minimum Gasteiger partial charge on any atom is -0.504 e. The van der Waals surface area contributed by atoms with Gasteiger partial charge in [0.25, 0.3) is 15.9 Å². The summed E-state index contributed by atoms with van der Waals surface area (Å²) in [4.78, 5) is 30.2. The third-order valence-electron chi connectivity index (χ3n) is 5.07. The topological polar surface area (TPSA) is 190 Å². The number of hydrazine groups is 1. The molecule has 12 nitrogen and oxygen atoms in total. The quantitative estimate of drug-likeness (QED) is 0.0956. The summed E-state index contributed by atoms with van der Waals surface area (Å²) in [6.45, 7) is -0.0168. The number of anilines is 1. The van der Waals surface area contributed by atoms with Gasteiger partial charge in [0.05, 0.1) is 22.7 Å². The maximum atomic E-state index is 12.7. The summed E-state index contributed by atoms with van der Waals surface area (Å²) in [6, 6.07) is 5.49. The van der Waals surface area contributed by atoms with Gasteiger partial charge in [-0.25, -0.2) is 13.4 Å². The summed E-state index contributed by atoms with van der Waals surface area (Å²) in [7, 11) is -4.15. The molecule has 0 radical (unpaired) electrons. The number of halogens is 4. The Morgan fingerprint density at radius 1 is 1.07 bits per heavy atom. The summed E-state index contributed by atoms with van der Waals surface area (Å²) < 4.78 is 62.8. The number of carbonyl (C=O) groups is 2. The van der Waals surface area contributed by atoms with E-state index in [4.69, 9.17) is 11.6 Å². The van der Waals surface area contributed by atoms with E-state index in [0.29, 0.717) is 17.1 Å². The zero-order valence-corrected chi connectivity index (χ0v) is 22.4. The summed E-state index contributed by atoms with van der Waals surface area (Å²) in [6.07, 6.45) is -3.95. The van der Waals surface area contributed by atoms with Crippen LogP contribution >= 0.6 is 22.9 Å². The van der Waals surface area contributed by atoms with Crippen LogP contribution in [0.25, 0.3) is 0 Å². The van der Waals surface area contributed by atoms with Crippen molar-refractivity contribution in [2.24, 2.45) is 0 Å². The lowest BCUT2D eigenvalue weighted by atomic mass is 10.1. The lowest BCUT2D eigenvalue weighted by Crippen LogP contribution is -2.41. The lowest BCUT2D eigenvalue weighted by molar-refractivity contribution is -0.137. The van der Waals surface area contributed by atoms with Crippen molar-refractivity contribution in [2.75, 3.05) is 11.9 Å². The molecule has 40 heavy (non-hydrogen) atoms. The molecule has 0 aliphatic carbocycles. The Hall–Kier alpha value is -3.80. The highest BCUT2D eigenvalue weighted by molar-refractivity contribution is 7.91. The molecule has 216 valence electrons. The molecule has 0 saturated carbocycles. The largest absolute Gasteiger partial charge is 0.504 e. The van der Waals surface area contributed by atoms with Crippen LogP contribution < -0.4 is 20.9 Å². The molecular weight excluding hydrogens is 603 g/mol. The van der Waals surface area contributed by atoms with Crippen LogP contribution in [-0.4, -0.2) is 47.1 Å². The molecule has 0 bridgehead atoms. The van der Waals surface area contributed by atoms with Gasteiger partial charge in [0.2, 0.25) is 11.7 Å². The van der Waals surface area contributed by atoms with Crippen molar-refractivity contribution >= 4 is 50.6 Å². The van der Waals surface area contributed by atoms with Gasteiger partial charge in [0.15, 0.2) is 11.5 Å². The number of phenols is 3. The summed E-state index contributed by atoms with van der Waals surface area (Å²) in [5.41, 5.74) is 0.732. The Morgan fingerprint density at radius 3 is 2.48 bits per heavy atom. The van der Waals surface area contributed by atoms with Gasteiger partial charge in [-0.2, -0.15) is 13.2 Å². The van der Waals surface area contributed by atoms with Crippen LogP contribution in [0.4, 0.5) is 19.0 Å². The Morgan fingerprint density at radius 2 is 1.80 bits per heavy atom. The molecule has 2 heterocycles. The summed E-state index contributed by atoms with van der Waals surface area (Å²) in [5.74, 6) is -3.76. The first-order chi connectivity index (χ1) is 18.7. The predicted molar refractivity (Wildman–Crippen MR) is 137 cm³/mol. The fourth-order valence-corrected chi connectivity index (χ4v) is 5.42. The maximum Gasteiger partial charge on any atom is 0.417 e. The molecule has 18 heteroatoms. The normalized spacial score (nSPS) is 11.7. The number of aromatic hydroxyl groups is 3. The second-order valence-electron chi connectivity index (χ2n) is 7.97. The second-order valence-corrected chi connectivity index (χ2v) is 11.5. The number of benzene rings is 1. The molecule has 2 amide bonds. The Kier molecular flexibility index (Phi) is 9.67. The van der Waals surface area contributed by atoms with Gasteiger partial charge in [0, 0.05) is 24.0 Å². The Balaban J connectivity index is 1.44. The van der Waals surface area contributed by atoms with Gasteiger partial charge in [0.1, 0.15) is 10.0 Å². The Bertz CT molecular complexity index is 1520. The number of carbonyl (C=O) groups excluding carboxylic acids is 2. The van der Waals surface area contributed by atoms with E-state index in [1.807, 2.05) is 10.3 Å². The van der Waals surface area contributed by atoms with Crippen molar-refractivity contribution in [1.29, 1.82) is 0 Å². The number of alkyl halides is 3. The van der Waals surface area contributed by atoms with Crippen molar-refractivity contribution in [1.82, 2.24) is 20.6 Å². The van der Waals surface area contributed by atoms with Crippen LogP contribution in [0.15, 0.2) is 40.7 Å². The zero-order chi connectivity index (χ0) is 29.7. The van der Waals surface area contributed by atoms with Crippen LogP contribution in [0.2, 0.25) is 5.02 Å². The van der Waals surface area contributed by atoms with E-state index in [0.717, 1.165) is 23.5 Å². The number of hydrogen-bond acceptors (Lipinski definition) is 10. The smallest absolute Gasteiger partial charge is 0.417 e. The van der Waals surface area contributed by atoms with Crippen molar-refractivity contribution in [3.05, 3.63) is 57.6 Å². The Labute approximate surface area is 233 Å². The first-order valence-electron chi connectivity index (χ1n) is 11.1. The van der Waals surface area contributed by atoms with E-state index in [1.54, 1.807) is 0 Å². The van der Waals surface area contributed by atoms with Crippen LogP contribution in [0.3, 0.4) is 0 Å². The third kappa shape index (κ3) is 7.87. The number of amides is 2. The number of pyridine rings is 1. The van der Waals surface area contributed by atoms with E-state index in [2.05, 4.69) is 15.6 Å². The minimum absolute atomic E-state index is 0.00141. The van der Waals surface area contributed by atoms with E-state index < -0.39 is 50.8 Å². The molecule has 0 aliphatic rings. The van der Waals surface area contributed by atoms with E-state index in [1.165, 1.54) is 12.1 Å². The van der Waals surface area contributed by atoms with Crippen LogP contribution in [-0.2, 0) is 27.5 Å².